The lowest BCUT2D eigenvalue weighted by Gasteiger charge is -2.35. The van der Waals surface area contributed by atoms with Crippen molar-refractivity contribution in [2.75, 3.05) is 44.4 Å². The Morgan fingerprint density at radius 2 is 2.00 bits per heavy atom. The zero-order chi connectivity index (χ0) is 13.6. The fraction of sp³-hybridized carbons (Fsp3) is 0.667. The van der Waals surface area contributed by atoms with Gasteiger partial charge in [0, 0.05) is 43.8 Å². The third kappa shape index (κ3) is 3.69. The summed E-state index contributed by atoms with van der Waals surface area (Å²) in [6, 6.07) is 4.76. The number of pyridine rings is 1. The molecule has 1 aromatic heterocycles. The summed E-state index contributed by atoms with van der Waals surface area (Å²) in [5.74, 6) is 0. The van der Waals surface area contributed by atoms with Crippen molar-refractivity contribution in [1.82, 2.24) is 10.3 Å². The van der Waals surface area contributed by atoms with E-state index < -0.39 is 0 Å². The van der Waals surface area contributed by atoms with Gasteiger partial charge in [-0.3, -0.25) is 4.98 Å². The highest BCUT2D eigenvalue weighted by Crippen LogP contribution is 2.18. The summed E-state index contributed by atoms with van der Waals surface area (Å²) in [5.41, 5.74) is 1.28. The van der Waals surface area contributed by atoms with Crippen molar-refractivity contribution < 1.29 is 9.47 Å². The van der Waals surface area contributed by atoms with E-state index in [1.165, 1.54) is 18.5 Å². The zero-order valence-electron chi connectivity index (χ0n) is 11.8. The molecule has 0 spiro atoms. The molecular formula is C15H23N3O2. The number of piperidine rings is 1. The molecule has 3 rings (SSSR count). The van der Waals surface area contributed by atoms with Crippen LogP contribution >= 0.6 is 0 Å². The lowest BCUT2D eigenvalue weighted by atomic mass is 10.0. The highest BCUT2D eigenvalue weighted by molar-refractivity contribution is 5.44. The lowest BCUT2D eigenvalue weighted by Crippen LogP contribution is -2.46. The van der Waals surface area contributed by atoms with E-state index in [0.717, 1.165) is 39.5 Å². The third-order valence-corrected chi connectivity index (χ3v) is 4.04. The number of anilines is 1. The van der Waals surface area contributed by atoms with Crippen molar-refractivity contribution in [3.63, 3.8) is 0 Å². The molecule has 0 aromatic carbocycles. The summed E-state index contributed by atoms with van der Waals surface area (Å²) >= 11 is 0. The molecule has 1 N–H and O–H groups in total. The second-order valence-corrected chi connectivity index (χ2v) is 5.44. The van der Waals surface area contributed by atoms with Crippen molar-refractivity contribution >= 4 is 5.69 Å². The maximum Gasteiger partial charge on any atom is 0.0933 e. The summed E-state index contributed by atoms with van der Waals surface area (Å²) in [7, 11) is 0. The van der Waals surface area contributed by atoms with Gasteiger partial charge < -0.3 is 19.7 Å². The van der Waals surface area contributed by atoms with Crippen LogP contribution in [0.25, 0.3) is 0 Å². The highest BCUT2D eigenvalue weighted by atomic mass is 16.6. The molecule has 2 fully saturated rings. The van der Waals surface area contributed by atoms with Gasteiger partial charge in [-0.15, -0.1) is 0 Å². The maximum absolute atomic E-state index is 5.65. The van der Waals surface area contributed by atoms with Crippen LogP contribution in [0.4, 0.5) is 5.69 Å². The molecule has 2 saturated heterocycles. The molecule has 2 aliphatic rings. The van der Waals surface area contributed by atoms with Crippen LogP contribution in [0.1, 0.15) is 12.8 Å². The molecular weight excluding hydrogens is 254 g/mol. The Hall–Kier alpha value is -1.17. The van der Waals surface area contributed by atoms with E-state index in [0.29, 0.717) is 6.04 Å². The molecule has 5 nitrogen and oxygen atoms in total. The lowest BCUT2D eigenvalue weighted by molar-refractivity contribution is -0.0872. The molecule has 1 unspecified atom stereocenters. The van der Waals surface area contributed by atoms with E-state index in [9.17, 15) is 0 Å². The molecule has 0 bridgehead atoms. The van der Waals surface area contributed by atoms with E-state index in [4.69, 9.17) is 9.47 Å². The predicted molar refractivity (Wildman–Crippen MR) is 78.0 cm³/mol. The van der Waals surface area contributed by atoms with Crippen LogP contribution in [0, 0.1) is 0 Å². The van der Waals surface area contributed by atoms with Gasteiger partial charge in [-0.1, -0.05) is 0 Å². The zero-order valence-corrected chi connectivity index (χ0v) is 11.8. The SMILES string of the molecule is c1cc(N2CCC(NCC3COCCO3)CC2)ccn1. The van der Waals surface area contributed by atoms with Crippen molar-refractivity contribution in [2.24, 2.45) is 0 Å². The molecule has 0 amide bonds. The van der Waals surface area contributed by atoms with E-state index in [2.05, 4.69) is 27.3 Å². The first-order valence-corrected chi connectivity index (χ1v) is 7.49. The van der Waals surface area contributed by atoms with Crippen LogP contribution in [0.5, 0.6) is 0 Å². The first-order chi connectivity index (χ1) is 9.92. The Bertz CT molecular complexity index is 387. The summed E-state index contributed by atoms with van der Waals surface area (Å²) in [5, 5.41) is 3.62. The molecule has 1 aromatic rings. The Kier molecular flexibility index (Phi) is 4.84. The van der Waals surface area contributed by atoms with Gasteiger partial charge in [-0.2, -0.15) is 0 Å². The number of rotatable bonds is 4. The van der Waals surface area contributed by atoms with Crippen LogP contribution in [0.3, 0.4) is 0 Å². The second kappa shape index (κ2) is 7.02. The van der Waals surface area contributed by atoms with Crippen LogP contribution in [-0.2, 0) is 9.47 Å². The first kappa shape index (κ1) is 13.8. The van der Waals surface area contributed by atoms with Crippen molar-refractivity contribution in [3.05, 3.63) is 24.5 Å². The second-order valence-electron chi connectivity index (χ2n) is 5.44. The smallest absolute Gasteiger partial charge is 0.0933 e. The molecule has 110 valence electrons. The van der Waals surface area contributed by atoms with Crippen LogP contribution in [-0.4, -0.2) is 56.6 Å². The number of ether oxygens (including phenoxy) is 2. The topological polar surface area (TPSA) is 46.6 Å². The molecule has 0 saturated carbocycles. The van der Waals surface area contributed by atoms with Gasteiger partial charge in [0.2, 0.25) is 0 Å². The Morgan fingerprint density at radius 3 is 2.70 bits per heavy atom. The first-order valence-electron chi connectivity index (χ1n) is 7.49. The van der Waals surface area contributed by atoms with E-state index in [-0.39, 0.29) is 6.10 Å². The van der Waals surface area contributed by atoms with E-state index in [1.54, 1.807) is 0 Å². The molecule has 2 aliphatic heterocycles. The summed E-state index contributed by atoms with van der Waals surface area (Å²) in [4.78, 5) is 6.50. The summed E-state index contributed by atoms with van der Waals surface area (Å²) in [6.45, 7) is 5.30. The number of hydrogen-bond acceptors (Lipinski definition) is 5. The minimum Gasteiger partial charge on any atom is -0.376 e. The normalized spacial score (nSPS) is 24.8. The average molecular weight is 277 g/mol. The number of nitrogens with zero attached hydrogens (tertiary/aromatic N) is 2. The fourth-order valence-electron chi connectivity index (χ4n) is 2.85. The summed E-state index contributed by atoms with van der Waals surface area (Å²) < 4.78 is 11.1. The maximum atomic E-state index is 5.65. The molecule has 3 heterocycles. The minimum absolute atomic E-state index is 0.224. The Labute approximate surface area is 120 Å². The predicted octanol–water partition coefficient (Wildman–Crippen LogP) is 1.06. The van der Waals surface area contributed by atoms with Gasteiger partial charge >= 0.3 is 0 Å². The number of nitrogens with one attached hydrogen (secondary N) is 1. The van der Waals surface area contributed by atoms with Gasteiger partial charge in [0.1, 0.15) is 0 Å². The van der Waals surface area contributed by atoms with E-state index >= 15 is 0 Å². The van der Waals surface area contributed by atoms with Crippen molar-refractivity contribution in [2.45, 2.75) is 25.0 Å². The fourth-order valence-corrected chi connectivity index (χ4v) is 2.85. The molecule has 1 atom stereocenters. The third-order valence-electron chi connectivity index (χ3n) is 4.04. The average Bonchev–Trinajstić information content (AvgIpc) is 2.55. The Morgan fingerprint density at radius 1 is 1.20 bits per heavy atom. The largest absolute Gasteiger partial charge is 0.376 e. The molecule has 0 aliphatic carbocycles. The van der Waals surface area contributed by atoms with Crippen LogP contribution < -0.4 is 10.2 Å². The summed E-state index contributed by atoms with van der Waals surface area (Å²) in [6.07, 6.45) is 6.30. The monoisotopic (exact) mass is 277 g/mol. The van der Waals surface area contributed by atoms with Gasteiger partial charge in [0.05, 0.1) is 25.9 Å². The van der Waals surface area contributed by atoms with Gasteiger partial charge in [-0.05, 0) is 25.0 Å². The molecule has 5 heteroatoms. The van der Waals surface area contributed by atoms with Crippen molar-refractivity contribution in [1.29, 1.82) is 0 Å². The standard InChI is InChI=1S/C15H23N3O2/c1-5-16-6-2-14(1)18-7-3-13(4-8-18)17-11-15-12-19-9-10-20-15/h1-2,5-6,13,15,17H,3-4,7-12H2. The molecule has 20 heavy (non-hydrogen) atoms. The number of aromatic nitrogens is 1. The minimum atomic E-state index is 0.224. The van der Waals surface area contributed by atoms with E-state index in [1.807, 2.05) is 12.4 Å². The van der Waals surface area contributed by atoms with Crippen LogP contribution in [0.2, 0.25) is 0 Å². The van der Waals surface area contributed by atoms with Gasteiger partial charge in [-0.25, -0.2) is 0 Å². The van der Waals surface area contributed by atoms with Gasteiger partial charge in [0.15, 0.2) is 0 Å². The van der Waals surface area contributed by atoms with Crippen molar-refractivity contribution in [3.8, 4) is 0 Å². The highest BCUT2D eigenvalue weighted by Gasteiger charge is 2.21. The quantitative estimate of drug-likeness (QED) is 0.891. The van der Waals surface area contributed by atoms with Crippen LogP contribution in [0.15, 0.2) is 24.5 Å². The number of hydrogen-bond donors (Lipinski definition) is 1. The Balaban J connectivity index is 1.40. The van der Waals surface area contributed by atoms with Gasteiger partial charge in [0.25, 0.3) is 0 Å². The molecule has 0 radical (unpaired) electrons.